The highest BCUT2D eigenvalue weighted by Crippen LogP contribution is 2.26. The minimum absolute atomic E-state index is 0.131. The van der Waals surface area contributed by atoms with Gasteiger partial charge in [-0.3, -0.25) is 10.1 Å². The molecule has 7 heteroatoms. The molecule has 0 saturated carbocycles. The fourth-order valence-electron chi connectivity index (χ4n) is 2.30. The SMILES string of the molecule is CCCNC(C)Cc1csc(Nc2ccc([N+](=O)[O-])c(C)c2)n1. The predicted octanol–water partition coefficient (Wildman–Crippen LogP) is 4.03. The minimum Gasteiger partial charge on any atom is -0.332 e. The summed E-state index contributed by atoms with van der Waals surface area (Å²) in [5, 5.41) is 20.3. The Hall–Kier alpha value is -1.99. The van der Waals surface area contributed by atoms with Crippen molar-refractivity contribution in [1.29, 1.82) is 0 Å². The van der Waals surface area contributed by atoms with Gasteiger partial charge in [-0.15, -0.1) is 11.3 Å². The fourth-order valence-corrected chi connectivity index (χ4v) is 3.04. The van der Waals surface area contributed by atoms with Gasteiger partial charge in [0.2, 0.25) is 0 Å². The van der Waals surface area contributed by atoms with Crippen LogP contribution in [0.3, 0.4) is 0 Å². The zero-order chi connectivity index (χ0) is 16.8. The second-order valence-electron chi connectivity index (χ2n) is 5.59. The maximum atomic E-state index is 10.8. The maximum Gasteiger partial charge on any atom is 0.272 e. The van der Waals surface area contributed by atoms with E-state index < -0.39 is 0 Å². The summed E-state index contributed by atoms with van der Waals surface area (Å²) in [4.78, 5) is 15.0. The number of thiazole rings is 1. The molecule has 0 aliphatic heterocycles. The van der Waals surface area contributed by atoms with Gasteiger partial charge in [0.1, 0.15) is 0 Å². The second kappa shape index (κ2) is 8.03. The average molecular weight is 334 g/mol. The number of aryl methyl sites for hydroxylation is 1. The molecule has 0 amide bonds. The summed E-state index contributed by atoms with van der Waals surface area (Å²) in [6.07, 6.45) is 2.01. The smallest absolute Gasteiger partial charge is 0.272 e. The predicted molar refractivity (Wildman–Crippen MR) is 94.7 cm³/mol. The number of aromatic nitrogens is 1. The molecular weight excluding hydrogens is 312 g/mol. The lowest BCUT2D eigenvalue weighted by Crippen LogP contribution is -2.28. The monoisotopic (exact) mass is 334 g/mol. The van der Waals surface area contributed by atoms with E-state index in [9.17, 15) is 10.1 Å². The van der Waals surface area contributed by atoms with Gasteiger partial charge in [-0.1, -0.05) is 6.92 Å². The Balaban J connectivity index is 1.99. The summed E-state index contributed by atoms with van der Waals surface area (Å²) in [6.45, 7) is 7.05. The van der Waals surface area contributed by atoms with E-state index in [1.807, 2.05) is 5.38 Å². The highest BCUT2D eigenvalue weighted by atomic mass is 32.1. The molecule has 0 fully saturated rings. The Morgan fingerprint density at radius 3 is 2.87 bits per heavy atom. The Labute approximate surface area is 140 Å². The second-order valence-corrected chi connectivity index (χ2v) is 6.44. The van der Waals surface area contributed by atoms with Crippen LogP contribution in [0.2, 0.25) is 0 Å². The summed E-state index contributed by atoms with van der Waals surface area (Å²) < 4.78 is 0. The van der Waals surface area contributed by atoms with E-state index in [0.29, 0.717) is 11.6 Å². The Bertz CT molecular complexity index is 672. The van der Waals surface area contributed by atoms with Crippen LogP contribution in [0.4, 0.5) is 16.5 Å². The molecule has 1 atom stereocenters. The molecular formula is C16H22N4O2S. The van der Waals surface area contributed by atoms with Crippen LogP contribution in [-0.4, -0.2) is 22.5 Å². The van der Waals surface area contributed by atoms with Gasteiger partial charge in [-0.25, -0.2) is 4.98 Å². The number of hydrogen-bond donors (Lipinski definition) is 2. The van der Waals surface area contributed by atoms with E-state index in [1.54, 1.807) is 30.4 Å². The van der Waals surface area contributed by atoms with E-state index >= 15 is 0 Å². The molecule has 23 heavy (non-hydrogen) atoms. The normalized spacial score (nSPS) is 12.1. The van der Waals surface area contributed by atoms with Crippen LogP contribution in [0.1, 0.15) is 31.5 Å². The van der Waals surface area contributed by atoms with E-state index in [-0.39, 0.29) is 10.6 Å². The molecule has 1 heterocycles. The van der Waals surface area contributed by atoms with Gasteiger partial charge < -0.3 is 10.6 Å². The number of nitro benzene ring substituents is 1. The van der Waals surface area contributed by atoms with Crippen molar-refractivity contribution in [1.82, 2.24) is 10.3 Å². The summed E-state index contributed by atoms with van der Waals surface area (Å²) in [5.41, 5.74) is 2.62. The van der Waals surface area contributed by atoms with E-state index in [4.69, 9.17) is 0 Å². The van der Waals surface area contributed by atoms with E-state index in [0.717, 1.165) is 35.9 Å². The van der Waals surface area contributed by atoms with Gasteiger partial charge in [0.15, 0.2) is 5.13 Å². The van der Waals surface area contributed by atoms with Crippen molar-refractivity contribution in [2.45, 2.75) is 39.7 Å². The summed E-state index contributed by atoms with van der Waals surface area (Å²) >= 11 is 1.54. The number of nitrogens with zero attached hydrogens (tertiary/aromatic N) is 2. The topological polar surface area (TPSA) is 80.1 Å². The van der Waals surface area contributed by atoms with Gasteiger partial charge in [-0.2, -0.15) is 0 Å². The first-order chi connectivity index (χ1) is 11.0. The molecule has 2 rings (SSSR count). The van der Waals surface area contributed by atoms with Crippen molar-refractivity contribution < 1.29 is 4.92 Å². The highest BCUT2D eigenvalue weighted by Gasteiger charge is 2.11. The average Bonchev–Trinajstić information content (AvgIpc) is 2.91. The number of nitrogens with one attached hydrogen (secondary N) is 2. The van der Waals surface area contributed by atoms with E-state index in [1.165, 1.54) is 6.07 Å². The van der Waals surface area contributed by atoms with Crippen molar-refractivity contribution in [2.24, 2.45) is 0 Å². The minimum atomic E-state index is -0.370. The fraction of sp³-hybridized carbons (Fsp3) is 0.438. The largest absolute Gasteiger partial charge is 0.332 e. The quantitative estimate of drug-likeness (QED) is 0.563. The van der Waals surface area contributed by atoms with Gasteiger partial charge in [0.25, 0.3) is 5.69 Å². The number of rotatable bonds is 8. The molecule has 0 bridgehead atoms. The lowest BCUT2D eigenvalue weighted by Gasteiger charge is -2.11. The molecule has 0 aliphatic carbocycles. The molecule has 1 aromatic carbocycles. The van der Waals surface area contributed by atoms with Gasteiger partial charge in [0, 0.05) is 35.2 Å². The number of nitro groups is 1. The molecule has 1 unspecified atom stereocenters. The Morgan fingerprint density at radius 2 is 2.22 bits per heavy atom. The lowest BCUT2D eigenvalue weighted by atomic mass is 10.2. The third-order valence-corrected chi connectivity index (χ3v) is 4.26. The molecule has 2 N–H and O–H groups in total. The van der Waals surface area contributed by atoms with Crippen molar-refractivity contribution in [3.8, 4) is 0 Å². The van der Waals surface area contributed by atoms with E-state index in [2.05, 4.69) is 29.5 Å². The molecule has 0 saturated heterocycles. The third kappa shape index (κ3) is 5.01. The Kier molecular flexibility index (Phi) is 6.06. The summed E-state index contributed by atoms with van der Waals surface area (Å²) in [5.74, 6) is 0. The van der Waals surface area contributed by atoms with Crippen LogP contribution in [0.25, 0.3) is 0 Å². The van der Waals surface area contributed by atoms with Crippen molar-refractivity contribution in [3.05, 3.63) is 45.0 Å². The van der Waals surface area contributed by atoms with Crippen LogP contribution in [0.5, 0.6) is 0 Å². The van der Waals surface area contributed by atoms with Crippen LogP contribution >= 0.6 is 11.3 Å². The zero-order valence-electron chi connectivity index (χ0n) is 13.6. The third-order valence-electron chi connectivity index (χ3n) is 3.45. The standard InChI is InChI=1S/C16H22N4O2S/c1-4-7-17-12(3)9-14-10-23-16(19-14)18-13-5-6-15(20(21)22)11(2)8-13/h5-6,8,10,12,17H,4,7,9H2,1-3H3,(H,18,19). The molecule has 6 nitrogen and oxygen atoms in total. The molecule has 124 valence electrons. The molecule has 0 radical (unpaired) electrons. The maximum absolute atomic E-state index is 10.8. The van der Waals surface area contributed by atoms with Crippen LogP contribution in [0.15, 0.2) is 23.6 Å². The first-order valence-electron chi connectivity index (χ1n) is 7.69. The number of benzene rings is 1. The lowest BCUT2D eigenvalue weighted by molar-refractivity contribution is -0.385. The zero-order valence-corrected chi connectivity index (χ0v) is 14.4. The molecule has 0 aliphatic rings. The van der Waals surface area contributed by atoms with Crippen molar-refractivity contribution in [3.63, 3.8) is 0 Å². The first kappa shape index (κ1) is 17.4. The number of hydrogen-bond acceptors (Lipinski definition) is 6. The molecule has 2 aromatic rings. The van der Waals surface area contributed by atoms with Gasteiger partial charge in [-0.05, 0) is 38.9 Å². The molecule has 0 spiro atoms. The summed E-state index contributed by atoms with van der Waals surface area (Å²) in [7, 11) is 0. The Morgan fingerprint density at radius 1 is 1.43 bits per heavy atom. The van der Waals surface area contributed by atoms with Crippen molar-refractivity contribution >= 4 is 27.8 Å². The molecule has 1 aromatic heterocycles. The van der Waals surface area contributed by atoms with Gasteiger partial charge >= 0.3 is 0 Å². The van der Waals surface area contributed by atoms with Crippen LogP contribution in [-0.2, 0) is 6.42 Å². The summed E-state index contributed by atoms with van der Waals surface area (Å²) in [6, 6.07) is 5.39. The number of anilines is 2. The highest BCUT2D eigenvalue weighted by molar-refractivity contribution is 7.13. The first-order valence-corrected chi connectivity index (χ1v) is 8.57. The van der Waals surface area contributed by atoms with Crippen LogP contribution in [0, 0.1) is 17.0 Å². The van der Waals surface area contributed by atoms with Gasteiger partial charge in [0.05, 0.1) is 10.6 Å². The van der Waals surface area contributed by atoms with Crippen molar-refractivity contribution in [2.75, 3.05) is 11.9 Å². The van der Waals surface area contributed by atoms with Crippen LogP contribution < -0.4 is 10.6 Å².